The number of rotatable bonds is 5. The number of hydrogen-bond donors (Lipinski definition) is 1. The summed E-state index contributed by atoms with van der Waals surface area (Å²) in [6.07, 6.45) is 3.68. The number of carbonyl (C=O) groups is 1. The van der Waals surface area contributed by atoms with Crippen LogP contribution in [0, 0.1) is 11.3 Å². The van der Waals surface area contributed by atoms with Gasteiger partial charge >= 0.3 is 5.97 Å². The Morgan fingerprint density at radius 2 is 2.19 bits per heavy atom. The summed E-state index contributed by atoms with van der Waals surface area (Å²) in [5.41, 5.74) is 0.435. The van der Waals surface area contributed by atoms with E-state index in [0.29, 0.717) is 18.0 Å². The van der Waals surface area contributed by atoms with Gasteiger partial charge in [0, 0.05) is 12.6 Å². The van der Waals surface area contributed by atoms with Crippen LogP contribution in [-0.2, 0) is 4.79 Å². The van der Waals surface area contributed by atoms with Crippen molar-refractivity contribution >= 4 is 5.97 Å². The molecule has 1 saturated carbocycles. The highest BCUT2D eigenvalue weighted by Crippen LogP contribution is 2.39. The monoisotopic (exact) mass is 227 g/mol. The number of carboxylic acids is 1. The minimum Gasteiger partial charge on any atom is -0.481 e. The van der Waals surface area contributed by atoms with Crippen LogP contribution < -0.4 is 0 Å². The lowest BCUT2D eigenvalue weighted by Gasteiger charge is -2.30. The summed E-state index contributed by atoms with van der Waals surface area (Å²) in [6, 6.07) is 0.585. The predicted molar refractivity (Wildman–Crippen MR) is 65.5 cm³/mol. The molecule has 2 unspecified atom stereocenters. The molecule has 0 bridgehead atoms. The molecule has 0 saturated heterocycles. The Morgan fingerprint density at radius 3 is 2.56 bits per heavy atom. The summed E-state index contributed by atoms with van der Waals surface area (Å²) in [5.74, 6) is -0.945. The molecular formula is C13H25NO2. The SMILES string of the molecule is CCN(CC(C)C(=O)O)C1CCC(C)(C)C1. The van der Waals surface area contributed by atoms with Crippen molar-refractivity contribution in [2.45, 2.75) is 53.0 Å². The van der Waals surface area contributed by atoms with E-state index < -0.39 is 5.97 Å². The van der Waals surface area contributed by atoms with Gasteiger partial charge in [-0.3, -0.25) is 9.69 Å². The van der Waals surface area contributed by atoms with Gasteiger partial charge < -0.3 is 5.11 Å². The highest BCUT2D eigenvalue weighted by atomic mass is 16.4. The van der Waals surface area contributed by atoms with Gasteiger partial charge in [-0.25, -0.2) is 0 Å². The standard InChI is InChI=1S/C13H25NO2/c1-5-14(9-10(2)12(15)16)11-6-7-13(3,4)8-11/h10-11H,5-9H2,1-4H3,(H,15,16). The lowest BCUT2D eigenvalue weighted by Crippen LogP contribution is -2.39. The van der Waals surface area contributed by atoms with Crippen LogP contribution in [0.3, 0.4) is 0 Å². The van der Waals surface area contributed by atoms with E-state index in [1.165, 1.54) is 19.3 Å². The molecule has 1 rings (SSSR count). The van der Waals surface area contributed by atoms with Crippen molar-refractivity contribution in [1.29, 1.82) is 0 Å². The molecule has 0 heterocycles. The van der Waals surface area contributed by atoms with Gasteiger partial charge in [0.25, 0.3) is 0 Å². The summed E-state index contributed by atoms with van der Waals surface area (Å²) in [7, 11) is 0. The van der Waals surface area contributed by atoms with Gasteiger partial charge in [0.2, 0.25) is 0 Å². The van der Waals surface area contributed by atoms with Gasteiger partial charge in [-0.1, -0.05) is 27.7 Å². The van der Waals surface area contributed by atoms with Crippen molar-refractivity contribution in [3.05, 3.63) is 0 Å². The Hall–Kier alpha value is -0.570. The Morgan fingerprint density at radius 1 is 1.56 bits per heavy atom. The fourth-order valence-corrected chi connectivity index (χ4v) is 2.68. The first-order valence-corrected chi connectivity index (χ1v) is 6.32. The second-order valence-corrected chi connectivity index (χ2v) is 5.89. The molecule has 0 radical (unpaired) electrons. The molecule has 0 aromatic rings. The second kappa shape index (κ2) is 5.17. The Kier molecular flexibility index (Phi) is 4.36. The lowest BCUT2D eigenvalue weighted by molar-refractivity contribution is -0.141. The van der Waals surface area contributed by atoms with E-state index in [-0.39, 0.29) is 5.92 Å². The van der Waals surface area contributed by atoms with Crippen LogP contribution in [0.5, 0.6) is 0 Å². The van der Waals surface area contributed by atoms with Gasteiger partial charge in [0.15, 0.2) is 0 Å². The molecule has 0 aromatic carbocycles. The highest BCUT2D eigenvalue weighted by Gasteiger charge is 2.34. The zero-order chi connectivity index (χ0) is 12.3. The van der Waals surface area contributed by atoms with E-state index in [1.807, 2.05) is 0 Å². The fourth-order valence-electron chi connectivity index (χ4n) is 2.68. The molecule has 1 fully saturated rings. The van der Waals surface area contributed by atoms with Gasteiger partial charge in [-0.05, 0) is 31.2 Å². The van der Waals surface area contributed by atoms with Crippen LogP contribution >= 0.6 is 0 Å². The van der Waals surface area contributed by atoms with Gasteiger partial charge in [-0.2, -0.15) is 0 Å². The maximum Gasteiger partial charge on any atom is 0.307 e. The molecule has 1 aliphatic carbocycles. The van der Waals surface area contributed by atoms with Gasteiger partial charge in [-0.15, -0.1) is 0 Å². The molecule has 3 nitrogen and oxygen atoms in total. The van der Waals surface area contributed by atoms with Crippen molar-refractivity contribution < 1.29 is 9.90 Å². The molecular weight excluding hydrogens is 202 g/mol. The number of carboxylic acid groups (broad SMARTS) is 1. The molecule has 0 aliphatic heterocycles. The molecule has 3 heteroatoms. The van der Waals surface area contributed by atoms with Crippen LogP contribution in [0.25, 0.3) is 0 Å². The average Bonchev–Trinajstić information content (AvgIpc) is 2.54. The van der Waals surface area contributed by atoms with Crippen molar-refractivity contribution in [1.82, 2.24) is 4.90 Å². The second-order valence-electron chi connectivity index (χ2n) is 5.89. The summed E-state index contributed by atoms with van der Waals surface area (Å²) in [5, 5.41) is 8.95. The van der Waals surface area contributed by atoms with Gasteiger partial charge in [0.05, 0.1) is 5.92 Å². The molecule has 0 spiro atoms. The maximum atomic E-state index is 10.9. The van der Waals surface area contributed by atoms with Crippen LogP contribution in [0.2, 0.25) is 0 Å². The third kappa shape index (κ3) is 3.48. The largest absolute Gasteiger partial charge is 0.481 e. The highest BCUT2D eigenvalue weighted by molar-refractivity contribution is 5.69. The first-order chi connectivity index (χ1) is 7.35. The average molecular weight is 227 g/mol. The molecule has 0 amide bonds. The normalized spacial score (nSPS) is 25.9. The third-order valence-electron chi connectivity index (χ3n) is 3.80. The fraction of sp³-hybridized carbons (Fsp3) is 0.923. The molecule has 16 heavy (non-hydrogen) atoms. The Balaban J connectivity index is 2.52. The van der Waals surface area contributed by atoms with E-state index in [4.69, 9.17) is 5.11 Å². The van der Waals surface area contributed by atoms with Crippen LogP contribution in [0.15, 0.2) is 0 Å². The predicted octanol–water partition coefficient (Wildman–Crippen LogP) is 2.61. The van der Waals surface area contributed by atoms with E-state index in [0.717, 1.165) is 6.54 Å². The van der Waals surface area contributed by atoms with E-state index in [1.54, 1.807) is 6.92 Å². The number of hydrogen-bond acceptors (Lipinski definition) is 2. The van der Waals surface area contributed by atoms with Crippen molar-refractivity contribution in [2.24, 2.45) is 11.3 Å². The van der Waals surface area contributed by atoms with Crippen LogP contribution in [0.4, 0.5) is 0 Å². The zero-order valence-electron chi connectivity index (χ0n) is 11.0. The third-order valence-corrected chi connectivity index (χ3v) is 3.80. The van der Waals surface area contributed by atoms with E-state index >= 15 is 0 Å². The van der Waals surface area contributed by atoms with Crippen molar-refractivity contribution in [3.63, 3.8) is 0 Å². The first-order valence-electron chi connectivity index (χ1n) is 6.32. The minimum absolute atomic E-state index is 0.260. The molecule has 0 aromatic heterocycles. The summed E-state index contributed by atoms with van der Waals surface area (Å²) >= 11 is 0. The zero-order valence-corrected chi connectivity index (χ0v) is 11.0. The Labute approximate surface area is 98.8 Å². The molecule has 1 aliphatic rings. The molecule has 94 valence electrons. The van der Waals surface area contributed by atoms with E-state index in [2.05, 4.69) is 25.7 Å². The summed E-state index contributed by atoms with van der Waals surface area (Å²) < 4.78 is 0. The van der Waals surface area contributed by atoms with Crippen molar-refractivity contribution in [2.75, 3.05) is 13.1 Å². The van der Waals surface area contributed by atoms with Crippen LogP contribution in [0.1, 0.15) is 47.0 Å². The first kappa shape index (κ1) is 13.5. The topological polar surface area (TPSA) is 40.5 Å². The van der Waals surface area contributed by atoms with Gasteiger partial charge in [0.1, 0.15) is 0 Å². The molecule has 1 N–H and O–H groups in total. The number of aliphatic carboxylic acids is 1. The smallest absolute Gasteiger partial charge is 0.307 e. The molecule has 2 atom stereocenters. The minimum atomic E-state index is -0.685. The quantitative estimate of drug-likeness (QED) is 0.785. The van der Waals surface area contributed by atoms with Crippen molar-refractivity contribution in [3.8, 4) is 0 Å². The lowest BCUT2D eigenvalue weighted by atomic mass is 9.91. The summed E-state index contributed by atoms with van der Waals surface area (Å²) in [6.45, 7) is 10.2. The van der Waals surface area contributed by atoms with Crippen LogP contribution in [-0.4, -0.2) is 35.1 Å². The number of nitrogens with zero attached hydrogens (tertiary/aromatic N) is 1. The summed E-state index contributed by atoms with van der Waals surface area (Å²) in [4.78, 5) is 13.2. The Bertz CT molecular complexity index is 250. The maximum absolute atomic E-state index is 10.9. The van der Waals surface area contributed by atoms with E-state index in [9.17, 15) is 4.79 Å².